The highest BCUT2D eigenvalue weighted by molar-refractivity contribution is 14.0. The van der Waals surface area contributed by atoms with E-state index in [0.717, 1.165) is 36.8 Å². The van der Waals surface area contributed by atoms with Crippen LogP contribution in [-0.4, -0.2) is 56.9 Å². The summed E-state index contributed by atoms with van der Waals surface area (Å²) in [5.41, 5.74) is -0.976. The van der Waals surface area contributed by atoms with Crippen molar-refractivity contribution in [2.75, 3.05) is 25.5 Å². The number of alkyl halides is 3. The largest absolute Gasteiger partial charge is 0.433 e. The fourth-order valence-corrected chi connectivity index (χ4v) is 2.90. The number of aryl methyl sites for hydroxylation is 2. The van der Waals surface area contributed by atoms with Gasteiger partial charge in [0.15, 0.2) is 5.96 Å². The minimum atomic E-state index is -4.49. The smallest absolute Gasteiger partial charge is 0.355 e. The van der Waals surface area contributed by atoms with E-state index in [4.69, 9.17) is 0 Å². The quantitative estimate of drug-likeness (QED) is 0.236. The Morgan fingerprint density at radius 3 is 2.83 bits per heavy atom. The van der Waals surface area contributed by atoms with Crippen LogP contribution in [0.15, 0.2) is 17.3 Å². The third-order valence-electron chi connectivity index (χ3n) is 4.17. The van der Waals surface area contributed by atoms with Gasteiger partial charge in [-0.3, -0.25) is 4.99 Å². The van der Waals surface area contributed by atoms with Gasteiger partial charge in [-0.05, 0) is 19.4 Å². The zero-order valence-corrected chi connectivity index (χ0v) is 18.3. The molecular weight excluding hydrogens is 502 g/mol. The van der Waals surface area contributed by atoms with Crippen molar-refractivity contribution in [1.29, 1.82) is 0 Å². The van der Waals surface area contributed by atoms with Crippen molar-refractivity contribution in [3.8, 4) is 0 Å². The lowest BCUT2D eigenvalue weighted by Gasteiger charge is -2.25. The van der Waals surface area contributed by atoms with Gasteiger partial charge in [0.2, 0.25) is 5.95 Å². The van der Waals surface area contributed by atoms with Gasteiger partial charge < -0.3 is 16.0 Å². The normalized spacial score (nSPS) is 16.6. The van der Waals surface area contributed by atoms with E-state index < -0.39 is 11.9 Å². The standard InChI is InChI=1S/C16H22F3N9.HI/c1-10-24-13-4-3-11(9-28(13)27-10)25-14(20-2)22-7-8-23-15-21-6-5-12(26-15)16(17,18)19;/h5-6,11H,3-4,7-9H2,1-2H3,(H2,20,22,25)(H,21,23,26);1H. The van der Waals surface area contributed by atoms with Gasteiger partial charge in [-0.25, -0.2) is 19.6 Å². The fourth-order valence-electron chi connectivity index (χ4n) is 2.90. The zero-order chi connectivity index (χ0) is 20.1. The van der Waals surface area contributed by atoms with E-state index in [0.29, 0.717) is 25.6 Å². The molecule has 1 aliphatic rings. The fraction of sp³-hybridized carbons (Fsp3) is 0.562. The zero-order valence-electron chi connectivity index (χ0n) is 16.0. The molecule has 9 nitrogen and oxygen atoms in total. The number of halogens is 4. The minimum absolute atomic E-state index is 0. The molecule has 1 unspecified atom stereocenters. The summed E-state index contributed by atoms with van der Waals surface area (Å²) >= 11 is 0. The monoisotopic (exact) mass is 525 g/mol. The number of hydrogen-bond acceptors (Lipinski definition) is 6. The molecule has 2 aromatic rings. The van der Waals surface area contributed by atoms with E-state index in [-0.39, 0.29) is 36.0 Å². The Morgan fingerprint density at radius 2 is 2.10 bits per heavy atom. The lowest BCUT2D eigenvalue weighted by atomic mass is 10.1. The Bertz CT molecular complexity index is 837. The number of aromatic nitrogens is 5. The van der Waals surface area contributed by atoms with E-state index in [1.807, 2.05) is 11.6 Å². The average molecular weight is 525 g/mol. The van der Waals surface area contributed by atoms with E-state index in [1.165, 1.54) is 0 Å². The second kappa shape index (κ2) is 10.0. The third kappa shape index (κ3) is 6.40. The number of nitrogens with one attached hydrogen (secondary N) is 3. The van der Waals surface area contributed by atoms with Gasteiger partial charge in [0.1, 0.15) is 17.3 Å². The Hall–Kier alpha value is -2.19. The summed E-state index contributed by atoms with van der Waals surface area (Å²) in [6, 6.07) is 1.00. The first-order valence-electron chi connectivity index (χ1n) is 8.87. The number of hydrogen-bond donors (Lipinski definition) is 3. The Morgan fingerprint density at radius 1 is 1.31 bits per heavy atom. The molecule has 0 spiro atoms. The van der Waals surface area contributed by atoms with Gasteiger partial charge in [-0.1, -0.05) is 0 Å². The molecule has 3 rings (SSSR count). The molecule has 160 valence electrons. The van der Waals surface area contributed by atoms with Crippen LogP contribution in [0.5, 0.6) is 0 Å². The molecular formula is C16H23F3IN9. The van der Waals surface area contributed by atoms with Gasteiger partial charge in [0.05, 0.1) is 6.54 Å². The maximum Gasteiger partial charge on any atom is 0.433 e. The lowest BCUT2D eigenvalue weighted by Crippen LogP contribution is -2.48. The number of aliphatic imine (C=N–C) groups is 1. The van der Waals surface area contributed by atoms with Crippen molar-refractivity contribution < 1.29 is 13.2 Å². The molecule has 2 aromatic heterocycles. The van der Waals surface area contributed by atoms with Gasteiger partial charge in [0, 0.05) is 38.8 Å². The van der Waals surface area contributed by atoms with E-state index in [1.54, 1.807) is 7.05 Å². The second-order valence-electron chi connectivity index (χ2n) is 6.33. The van der Waals surface area contributed by atoms with Crippen molar-refractivity contribution in [3.05, 3.63) is 29.6 Å². The van der Waals surface area contributed by atoms with Crippen LogP contribution < -0.4 is 16.0 Å². The summed E-state index contributed by atoms with van der Waals surface area (Å²) in [7, 11) is 1.66. The van der Waals surface area contributed by atoms with Crippen LogP contribution in [0.25, 0.3) is 0 Å². The van der Waals surface area contributed by atoms with Crippen LogP contribution in [0.3, 0.4) is 0 Å². The van der Waals surface area contributed by atoms with Crippen LogP contribution in [0.1, 0.15) is 23.8 Å². The summed E-state index contributed by atoms with van der Waals surface area (Å²) in [6.45, 7) is 3.33. The van der Waals surface area contributed by atoms with Crippen LogP contribution in [0.2, 0.25) is 0 Å². The highest BCUT2D eigenvalue weighted by Gasteiger charge is 2.32. The van der Waals surface area contributed by atoms with Gasteiger partial charge in [-0.2, -0.15) is 18.3 Å². The summed E-state index contributed by atoms with van der Waals surface area (Å²) in [5.74, 6) is 2.29. The number of fused-ring (bicyclic) bond motifs is 1. The van der Waals surface area contributed by atoms with Gasteiger partial charge >= 0.3 is 6.18 Å². The average Bonchev–Trinajstić information content (AvgIpc) is 3.03. The van der Waals surface area contributed by atoms with Crippen molar-refractivity contribution in [3.63, 3.8) is 0 Å². The predicted molar refractivity (Wildman–Crippen MR) is 112 cm³/mol. The van der Waals surface area contributed by atoms with Gasteiger partial charge in [0.25, 0.3) is 0 Å². The summed E-state index contributed by atoms with van der Waals surface area (Å²) < 4.78 is 39.9. The number of rotatable bonds is 5. The number of nitrogens with zero attached hydrogens (tertiary/aromatic N) is 6. The van der Waals surface area contributed by atoms with Crippen LogP contribution in [-0.2, 0) is 19.1 Å². The molecule has 29 heavy (non-hydrogen) atoms. The Labute approximate surface area is 183 Å². The molecule has 0 aliphatic carbocycles. The van der Waals surface area contributed by atoms with Crippen molar-refractivity contribution in [2.45, 2.75) is 38.5 Å². The first-order chi connectivity index (χ1) is 13.3. The highest BCUT2D eigenvalue weighted by atomic mass is 127. The van der Waals surface area contributed by atoms with E-state index in [9.17, 15) is 13.2 Å². The molecule has 0 saturated heterocycles. The van der Waals surface area contributed by atoms with E-state index in [2.05, 4.69) is 41.0 Å². The van der Waals surface area contributed by atoms with Gasteiger partial charge in [-0.15, -0.1) is 24.0 Å². The Balaban J connectivity index is 0.00000300. The topological polar surface area (TPSA) is 105 Å². The summed E-state index contributed by atoms with van der Waals surface area (Å²) in [6.07, 6.45) is -1.67. The molecule has 3 N–H and O–H groups in total. The molecule has 0 radical (unpaired) electrons. The molecule has 0 fully saturated rings. The molecule has 0 aromatic carbocycles. The second-order valence-corrected chi connectivity index (χ2v) is 6.33. The Kier molecular flexibility index (Phi) is 7.98. The maximum absolute atomic E-state index is 12.7. The molecule has 1 aliphatic heterocycles. The highest BCUT2D eigenvalue weighted by Crippen LogP contribution is 2.27. The van der Waals surface area contributed by atoms with Crippen LogP contribution in [0, 0.1) is 6.92 Å². The molecule has 1 atom stereocenters. The third-order valence-corrected chi connectivity index (χ3v) is 4.17. The summed E-state index contributed by atoms with van der Waals surface area (Å²) in [5, 5.41) is 13.6. The van der Waals surface area contributed by atoms with Crippen molar-refractivity contribution in [1.82, 2.24) is 35.4 Å². The number of guanidine groups is 1. The molecule has 3 heterocycles. The van der Waals surface area contributed by atoms with Crippen LogP contribution >= 0.6 is 24.0 Å². The van der Waals surface area contributed by atoms with Crippen molar-refractivity contribution >= 4 is 35.9 Å². The first kappa shape index (κ1) is 23.1. The summed E-state index contributed by atoms with van der Waals surface area (Å²) in [4.78, 5) is 15.8. The van der Waals surface area contributed by atoms with Crippen LogP contribution in [0.4, 0.5) is 19.1 Å². The van der Waals surface area contributed by atoms with Crippen molar-refractivity contribution in [2.24, 2.45) is 4.99 Å². The SMILES string of the molecule is CN=C(NCCNc1nccc(C(F)(F)F)n1)NC1CCc2nc(C)nn2C1.I. The van der Waals surface area contributed by atoms with E-state index >= 15 is 0 Å². The maximum atomic E-state index is 12.7. The molecule has 0 saturated carbocycles. The molecule has 0 amide bonds. The first-order valence-corrected chi connectivity index (χ1v) is 8.87. The molecule has 0 bridgehead atoms. The predicted octanol–water partition coefficient (Wildman–Crippen LogP) is 1.61. The minimum Gasteiger partial charge on any atom is -0.355 e. The lowest BCUT2D eigenvalue weighted by molar-refractivity contribution is -0.141. The number of anilines is 1. The molecule has 13 heteroatoms.